The molecule has 0 N–H and O–H groups in total. The summed E-state index contributed by atoms with van der Waals surface area (Å²) < 4.78 is 7.89. The van der Waals surface area contributed by atoms with Gasteiger partial charge >= 0.3 is 0 Å². The van der Waals surface area contributed by atoms with Crippen LogP contribution in [0.25, 0.3) is 10.2 Å². The van der Waals surface area contributed by atoms with Gasteiger partial charge in [-0.05, 0) is 29.8 Å². The molecule has 2 aromatic carbocycles. The zero-order valence-corrected chi connectivity index (χ0v) is 15.4. The van der Waals surface area contributed by atoms with Crippen molar-refractivity contribution in [1.82, 2.24) is 4.57 Å². The van der Waals surface area contributed by atoms with Gasteiger partial charge in [0.2, 0.25) is 0 Å². The zero-order valence-electron chi connectivity index (χ0n) is 13.0. The number of amides is 1. The summed E-state index contributed by atoms with van der Waals surface area (Å²) in [6, 6.07) is 11.0. The van der Waals surface area contributed by atoms with Gasteiger partial charge in [-0.15, -0.1) is 0 Å². The molecule has 24 heavy (non-hydrogen) atoms. The fourth-order valence-electron chi connectivity index (χ4n) is 2.38. The molecule has 3 rings (SSSR count). The lowest BCUT2D eigenvalue weighted by atomic mass is 10.1. The average molecular weight is 381 g/mol. The Hall–Kier alpha value is -1.82. The maximum atomic E-state index is 12.3. The minimum Gasteiger partial charge on any atom is -0.497 e. The van der Waals surface area contributed by atoms with Gasteiger partial charge in [-0.25, -0.2) is 0 Å². The molecule has 3 aromatic rings. The largest absolute Gasteiger partial charge is 0.497 e. The molecule has 4 nitrogen and oxygen atoms in total. The lowest BCUT2D eigenvalue weighted by Gasteiger charge is -2.02. The Kier molecular flexibility index (Phi) is 4.94. The number of halogens is 2. The number of aromatic nitrogens is 1. The molecule has 0 aliphatic heterocycles. The standard InChI is InChI=1S/C17H14Cl2N2O2S/c1-21-16-13(7-6-12(18)15(16)19)24-17(21)20-14(22)9-10-4-3-5-11(8-10)23-2/h3-8H,9H2,1-2H3. The second-order valence-corrected chi connectivity index (χ2v) is 6.98. The quantitative estimate of drug-likeness (QED) is 0.682. The number of hydrogen-bond acceptors (Lipinski definition) is 3. The molecule has 0 aliphatic rings. The number of fused-ring (bicyclic) bond motifs is 1. The van der Waals surface area contributed by atoms with Crippen molar-refractivity contribution in [3.8, 4) is 5.75 Å². The maximum Gasteiger partial charge on any atom is 0.252 e. The van der Waals surface area contributed by atoms with E-state index in [0.29, 0.717) is 20.6 Å². The second kappa shape index (κ2) is 6.97. The normalized spacial score (nSPS) is 11.9. The van der Waals surface area contributed by atoms with Crippen LogP contribution in [0.15, 0.2) is 41.4 Å². The fraction of sp³-hybridized carbons (Fsp3) is 0.176. The molecule has 1 aromatic heterocycles. The monoisotopic (exact) mass is 380 g/mol. The van der Waals surface area contributed by atoms with Gasteiger partial charge in [-0.1, -0.05) is 46.7 Å². The van der Waals surface area contributed by atoms with Crippen molar-refractivity contribution in [2.24, 2.45) is 12.0 Å². The summed E-state index contributed by atoms with van der Waals surface area (Å²) in [6.07, 6.45) is 0.208. The summed E-state index contributed by atoms with van der Waals surface area (Å²) in [4.78, 5) is 17.1. The molecule has 1 heterocycles. The van der Waals surface area contributed by atoms with Crippen molar-refractivity contribution >= 4 is 50.7 Å². The highest BCUT2D eigenvalue weighted by atomic mass is 35.5. The zero-order chi connectivity index (χ0) is 17.3. The highest BCUT2D eigenvalue weighted by Crippen LogP contribution is 2.31. The van der Waals surface area contributed by atoms with Crippen LogP contribution < -0.4 is 9.54 Å². The van der Waals surface area contributed by atoms with Crippen molar-refractivity contribution in [3.63, 3.8) is 0 Å². The predicted octanol–water partition coefficient (Wildman–Crippen LogP) is 4.23. The SMILES string of the molecule is COc1cccc(CC(=O)N=c2sc3ccc(Cl)c(Cl)c3n2C)c1. The molecule has 1 amide bonds. The first-order valence-electron chi connectivity index (χ1n) is 7.13. The van der Waals surface area contributed by atoms with E-state index in [1.54, 1.807) is 17.7 Å². The minimum atomic E-state index is -0.229. The Morgan fingerprint density at radius 3 is 2.83 bits per heavy atom. The molecule has 0 spiro atoms. The van der Waals surface area contributed by atoms with Crippen LogP contribution in [-0.4, -0.2) is 17.6 Å². The Labute approximate surface area is 152 Å². The third kappa shape index (κ3) is 3.34. The van der Waals surface area contributed by atoms with E-state index >= 15 is 0 Å². The van der Waals surface area contributed by atoms with Gasteiger partial charge in [0.15, 0.2) is 4.80 Å². The van der Waals surface area contributed by atoms with Crippen LogP contribution in [0.2, 0.25) is 10.0 Å². The van der Waals surface area contributed by atoms with Crippen LogP contribution in [0.4, 0.5) is 0 Å². The third-order valence-electron chi connectivity index (χ3n) is 3.57. The first-order chi connectivity index (χ1) is 11.5. The second-order valence-electron chi connectivity index (χ2n) is 5.19. The molecular formula is C17H14Cl2N2O2S. The van der Waals surface area contributed by atoms with Crippen molar-refractivity contribution < 1.29 is 9.53 Å². The maximum absolute atomic E-state index is 12.3. The number of benzene rings is 2. The van der Waals surface area contributed by atoms with Gasteiger partial charge in [0, 0.05) is 7.05 Å². The predicted molar refractivity (Wildman–Crippen MR) is 98.1 cm³/mol. The number of nitrogens with zero attached hydrogens (tertiary/aromatic N) is 2. The summed E-state index contributed by atoms with van der Waals surface area (Å²) in [7, 11) is 3.41. The van der Waals surface area contributed by atoms with Crippen molar-refractivity contribution in [3.05, 3.63) is 56.8 Å². The average Bonchev–Trinajstić information content (AvgIpc) is 2.87. The molecule has 0 fully saturated rings. The van der Waals surface area contributed by atoms with E-state index in [0.717, 1.165) is 15.8 Å². The molecule has 7 heteroatoms. The Bertz CT molecular complexity index is 992. The summed E-state index contributed by atoms with van der Waals surface area (Å²) in [5, 5.41) is 0.946. The molecule has 124 valence electrons. The van der Waals surface area contributed by atoms with E-state index in [4.69, 9.17) is 27.9 Å². The minimum absolute atomic E-state index is 0.208. The Morgan fingerprint density at radius 1 is 1.29 bits per heavy atom. The van der Waals surface area contributed by atoms with Crippen LogP contribution in [0, 0.1) is 0 Å². The molecule has 0 saturated carbocycles. The molecule has 0 atom stereocenters. The number of rotatable bonds is 3. The molecule has 0 bridgehead atoms. The summed E-state index contributed by atoms with van der Waals surface area (Å²) in [6.45, 7) is 0. The van der Waals surface area contributed by atoms with Gasteiger partial charge in [0.05, 0.1) is 33.8 Å². The van der Waals surface area contributed by atoms with Gasteiger partial charge in [0.25, 0.3) is 5.91 Å². The highest BCUT2D eigenvalue weighted by Gasteiger charge is 2.11. The van der Waals surface area contributed by atoms with E-state index in [2.05, 4.69) is 4.99 Å². The van der Waals surface area contributed by atoms with Crippen molar-refractivity contribution in [2.45, 2.75) is 6.42 Å². The van der Waals surface area contributed by atoms with Crippen LogP contribution in [0.1, 0.15) is 5.56 Å². The number of thiazole rings is 1. The first kappa shape index (κ1) is 17.0. The number of hydrogen-bond donors (Lipinski definition) is 0. The van der Waals surface area contributed by atoms with Crippen molar-refractivity contribution in [2.75, 3.05) is 7.11 Å². The molecular weight excluding hydrogens is 367 g/mol. The van der Waals surface area contributed by atoms with Gasteiger partial charge in [-0.3, -0.25) is 4.79 Å². The number of ether oxygens (including phenoxy) is 1. The lowest BCUT2D eigenvalue weighted by Crippen LogP contribution is -2.14. The van der Waals surface area contributed by atoms with Gasteiger partial charge in [0.1, 0.15) is 5.75 Å². The number of aryl methyl sites for hydroxylation is 1. The van der Waals surface area contributed by atoms with Crippen LogP contribution in [0.5, 0.6) is 5.75 Å². The summed E-state index contributed by atoms with van der Waals surface area (Å²) in [5.74, 6) is 0.488. The van der Waals surface area contributed by atoms with E-state index < -0.39 is 0 Å². The van der Waals surface area contributed by atoms with E-state index in [1.807, 2.05) is 37.4 Å². The van der Waals surface area contributed by atoms with Crippen LogP contribution in [0.3, 0.4) is 0 Å². The first-order valence-corrected chi connectivity index (χ1v) is 8.71. The summed E-state index contributed by atoms with van der Waals surface area (Å²) in [5.41, 5.74) is 1.63. The Balaban J connectivity index is 1.96. The third-order valence-corrected chi connectivity index (χ3v) is 5.46. The summed E-state index contributed by atoms with van der Waals surface area (Å²) >= 11 is 13.7. The van der Waals surface area contributed by atoms with Gasteiger partial charge < -0.3 is 9.30 Å². The molecule has 0 saturated heterocycles. The highest BCUT2D eigenvalue weighted by molar-refractivity contribution is 7.16. The number of carbonyl (C=O) groups excluding carboxylic acids is 1. The van der Waals surface area contributed by atoms with E-state index in [1.165, 1.54) is 11.3 Å². The smallest absolute Gasteiger partial charge is 0.252 e. The molecule has 0 aliphatic carbocycles. The number of carbonyl (C=O) groups is 1. The van der Waals surface area contributed by atoms with Gasteiger partial charge in [-0.2, -0.15) is 4.99 Å². The Morgan fingerprint density at radius 2 is 2.08 bits per heavy atom. The topological polar surface area (TPSA) is 43.6 Å². The lowest BCUT2D eigenvalue weighted by molar-refractivity contribution is -0.117. The van der Waals surface area contributed by atoms with Crippen LogP contribution >= 0.6 is 34.5 Å². The molecule has 0 unspecified atom stereocenters. The van der Waals surface area contributed by atoms with Crippen molar-refractivity contribution in [1.29, 1.82) is 0 Å². The van der Waals surface area contributed by atoms with Crippen LogP contribution in [-0.2, 0) is 18.3 Å². The van der Waals surface area contributed by atoms with E-state index in [9.17, 15) is 4.79 Å². The molecule has 0 radical (unpaired) electrons. The fourth-order valence-corrected chi connectivity index (χ4v) is 3.92. The number of methoxy groups -OCH3 is 1. The van der Waals surface area contributed by atoms with E-state index in [-0.39, 0.29) is 12.3 Å².